The number of carboxylic acid groups (broad SMARTS) is 1. The fourth-order valence-electron chi connectivity index (χ4n) is 3.32. The van der Waals surface area contributed by atoms with E-state index in [1.165, 1.54) is 0 Å². The van der Waals surface area contributed by atoms with E-state index >= 15 is 0 Å². The summed E-state index contributed by atoms with van der Waals surface area (Å²) in [5.41, 5.74) is 0.702. The molecule has 2 saturated heterocycles. The van der Waals surface area contributed by atoms with Gasteiger partial charge in [-0.25, -0.2) is 14.8 Å². The van der Waals surface area contributed by atoms with Gasteiger partial charge in [-0.05, 0) is 31.0 Å². The van der Waals surface area contributed by atoms with Gasteiger partial charge >= 0.3 is 12.1 Å². The smallest absolute Gasteiger partial charge is 0.475 e. The molecule has 1 N–H and O–H groups in total. The molecular formula is C18H18F3N5O3. The minimum atomic E-state index is -5.08. The predicted octanol–water partition coefficient (Wildman–Crippen LogP) is 2.14. The summed E-state index contributed by atoms with van der Waals surface area (Å²) in [6, 6.07) is 5.61. The van der Waals surface area contributed by atoms with Crippen LogP contribution in [0.1, 0.15) is 12.8 Å². The molecule has 0 saturated carbocycles. The number of anilines is 2. The van der Waals surface area contributed by atoms with E-state index < -0.39 is 12.1 Å². The molecule has 4 heterocycles. The third-order valence-electron chi connectivity index (χ3n) is 4.92. The van der Waals surface area contributed by atoms with E-state index in [9.17, 15) is 18.0 Å². The van der Waals surface area contributed by atoms with Crippen molar-refractivity contribution in [1.29, 1.82) is 0 Å². The van der Waals surface area contributed by atoms with Gasteiger partial charge in [-0.3, -0.25) is 9.78 Å². The van der Waals surface area contributed by atoms with Crippen LogP contribution in [0.15, 0.2) is 43.0 Å². The number of nitrogens with zero attached hydrogens (tertiary/aromatic N) is 5. The highest BCUT2D eigenvalue weighted by Crippen LogP contribution is 2.44. The number of halogens is 3. The van der Waals surface area contributed by atoms with E-state index in [0.717, 1.165) is 44.1 Å². The number of alkyl halides is 3. The maximum atomic E-state index is 12.6. The molecule has 4 rings (SSSR count). The van der Waals surface area contributed by atoms with Crippen molar-refractivity contribution in [3.8, 4) is 0 Å². The van der Waals surface area contributed by atoms with Gasteiger partial charge in [-0.1, -0.05) is 0 Å². The van der Waals surface area contributed by atoms with Crippen molar-refractivity contribution in [2.24, 2.45) is 5.41 Å². The van der Waals surface area contributed by atoms with Crippen molar-refractivity contribution >= 4 is 23.5 Å². The van der Waals surface area contributed by atoms with Crippen molar-refractivity contribution < 1.29 is 27.9 Å². The van der Waals surface area contributed by atoms with Gasteiger partial charge in [-0.2, -0.15) is 13.2 Å². The first-order chi connectivity index (χ1) is 13.7. The van der Waals surface area contributed by atoms with Crippen LogP contribution in [0.3, 0.4) is 0 Å². The molecule has 0 radical (unpaired) electrons. The fraction of sp³-hybridized carbons (Fsp3) is 0.389. The Labute approximate surface area is 164 Å². The number of aromatic nitrogens is 3. The summed E-state index contributed by atoms with van der Waals surface area (Å²) in [6.45, 7) is 2.45. The SMILES string of the molecule is O=C(O)C(F)(F)F.O=C1N(c2cccnc2)CC12CCN(c1ncccn1)CC2. The Morgan fingerprint density at radius 2 is 1.72 bits per heavy atom. The van der Waals surface area contributed by atoms with Crippen LogP contribution in [0.25, 0.3) is 0 Å². The van der Waals surface area contributed by atoms with Gasteiger partial charge in [0, 0.05) is 38.2 Å². The Morgan fingerprint density at radius 1 is 1.10 bits per heavy atom. The second-order valence-corrected chi connectivity index (χ2v) is 6.72. The molecule has 2 aliphatic heterocycles. The van der Waals surface area contributed by atoms with E-state index in [-0.39, 0.29) is 11.3 Å². The van der Waals surface area contributed by atoms with Crippen LogP contribution >= 0.6 is 0 Å². The first-order valence-electron chi connectivity index (χ1n) is 8.77. The Morgan fingerprint density at radius 3 is 2.21 bits per heavy atom. The zero-order valence-corrected chi connectivity index (χ0v) is 15.2. The van der Waals surface area contributed by atoms with E-state index in [1.54, 1.807) is 24.8 Å². The Kier molecular flexibility index (Phi) is 5.66. The lowest BCUT2D eigenvalue weighted by Gasteiger charge is -2.52. The third-order valence-corrected chi connectivity index (χ3v) is 4.92. The molecule has 2 aromatic rings. The first kappa shape index (κ1) is 20.5. The third kappa shape index (κ3) is 4.44. The highest BCUT2D eigenvalue weighted by atomic mass is 19.4. The average molecular weight is 409 g/mol. The highest BCUT2D eigenvalue weighted by Gasteiger charge is 2.53. The summed E-state index contributed by atoms with van der Waals surface area (Å²) in [6.07, 6.45) is 3.62. The number of carbonyl (C=O) groups is 2. The average Bonchev–Trinajstić information content (AvgIpc) is 2.73. The zero-order valence-electron chi connectivity index (χ0n) is 15.2. The van der Waals surface area contributed by atoms with Gasteiger partial charge < -0.3 is 14.9 Å². The van der Waals surface area contributed by atoms with Crippen molar-refractivity contribution in [3.63, 3.8) is 0 Å². The van der Waals surface area contributed by atoms with E-state index in [1.807, 2.05) is 23.1 Å². The number of carboxylic acids is 1. The number of hydrogen-bond acceptors (Lipinski definition) is 6. The molecule has 1 spiro atoms. The van der Waals surface area contributed by atoms with Crippen molar-refractivity contribution in [2.75, 3.05) is 29.4 Å². The van der Waals surface area contributed by atoms with Gasteiger partial charge in [0.05, 0.1) is 17.3 Å². The summed E-state index contributed by atoms with van der Waals surface area (Å²) in [7, 11) is 0. The molecule has 2 aliphatic rings. The molecule has 154 valence electrons. The van der Waals surface area contributed by atoms with Crippen LogP contribution in [0.5, 0.6) is 0 Å². The van der Waals surface area contributed by atoms with Gasteiger partial charge in [0.15, 0.2) is 0 Å². The van der Waals surface area contributed by atoms with E-state index in [2.05, 4.69) is 19.9 Å². The largest absolute Gasteiger partial charge is 0.490 e. The van der Waals surface area contributed by atoms with Crippen LogP contribution in [-0.4, -0.2) is 57.7 Å². The number of piperidine rings is 1. The fourth-order valence-corrected chi connectivity index (χ4v) is 3.32. The lowest BCUT2D eigenvalue weighted by Crippen LogP contribution is -2.65. The number of carbonyl (C=O) groups excluding carboxylic acids is 1. The number of amides is 1. The van der Waals surface area contributed by atoms with Crippen LogP contribution in [0.2, 0.25) is 0 Å². The summed E-state index contributed by atoms with van der Waals surface area (Å²) < 4.78 is 31.7. The summed E-state index contributed by atoms with van der Waals surface area (Å²) in [5.74, 6) is -1.77. The standard InChI is InChI=1S/C16H17N5O.C2HF3O2/c22-14-16(12-21(14)13-3-1-6-17-11-13)4-9-20(10-5-16)15-18-7-2-8-19-15;3-2(4,5)1(6)7/h1-3,6-8,11H,4-5,9-10,12H2;(H,6,7). The minimum Gasteiger partial charge on any atom is -0.475 e. The summed E-state index contributed by atoms with van der Waals surface area (Å²) >= 11 is 0. The monoisotopic (exact) mass is 409 g/mol. The molecule has 11 heteroatoms. The Bertz CT molecular complexity index is 856. The van der Waals surface area contributed by atoms with Crippen molar-refractivity contribution in [3.05, 3.63) is 43.0 Å². The van der Waals surface area contributed by atoms with E-state index in [4.69, 9.17) is 9.90 Å². The number of aliphatic carboxylic acids is 1. The number of β-lactam (4-membered cyclic amide) rings is 1. The molecule has 2 fully saturated rings. The predicted molar refractivity (Wildman–Crippen MR) is 96.2 cm³/mol. The Hall–Kier alpha value is -3.24. The van der Waals surface area contributed by atoms with Crippen LogP contribution < -0.4 is 9.80 Å². The lowest BCUT2D eigenvalue weighted by molar-refractivity contribution is -0.192. The van der Waals surface area contributed by atoms with Crippen LogP contribution in [-0.2, 0) is 9.59 Å². The summed E-state index contributed by atoms with van der Waals surface area (Å²) in [4.78, 5) is 38.2. The van der Waals surface area contributed by atoms with Crippen LogP contribution in [0, 0.1) is 5.41 Å². The second kappa shape index (κ2) is 8.02. The number of rotatable bonds is 2. The second-order valence-electron chi connectivity index (χ2n) is 6.72. The first-order valence-corrected chi connectivity index (χ1v) is 8.77. The maximum Gasteiger partial charge on any atom is 0.490 e. The van der Waals surface area contributed by atoms with Gasteiger partial charge in [0.25, 0.3) is 0 Å². The summed E-state index contributed by atoms with van der Waals surface area (Å²) in [5, 5.41) is 7.12. The van der Waals surface area contributed by atoms with Gasteiger partial charge in [-0.15, -0.1) is 0 Å². The number of hydrogen-bond donors (Lipinski definition) is 1. The molecule has 0 aliphatic carbocycles. The number of pyridine rings is 1. The zero-order chi connectivity index (χ0) is 21.1. The van der Waals surface area contributed by atoms with Crippen molar-refractivity contribution in [1.82, 2.24) is 15.0 Å². The van der Waals surface area contributed by atoms with Gasteiger partial charge in [0.1, 0.15) is 0 Å². The molecule has 1 amide bonds. The van der Waals surface area contributed by atoms with E-state index in [0.29, 0.717) is 0 Å². The molecular weight excluding hydrogens is 391 g/mol. The molecule has 2 aromatic heterocycles. The van der Waals surface area contributed by atoms with Gasteiger partial charge in [0.2, 0.25) is 11.9 Å². The maximum absolute atomic E-state index is 12.6. The topological polar surface area (TPSA) is 99.5 Å². The molecule has 0 bridgehead atoms. The molecule has 0 aromatic carbocycles. The minimum absolute atomic E-state index is 0.193. The molecule has 29 heavy (non-hydrogen) atoms. The molecule has 0 unspecified atom stereocenters. The quantitative estimate of drug-likeness (QED) is 0.759. The lowest BCUT2D eigenvalue weighted by atomic mass is 9.71. The molecule has 8 nitrogen and oxygen atoms in total. The highest BCUT2D eigenvalue weighted by molar-refractivity contribution is 6.04. The van der Waals surface area contributed by atoms with Crippen molar-refractivity contribution in [2.45, 2.75) is 19.0 Å². The van der Waals surface area contributed by atoms with Crippen LogP contribution in [0.4, 0.5) is 24.8 Å². The Balaban J connectivity index is 0.000000298. The normalized spacial score (nSPS) is 18.0. The molecule has 0 atom stereocenters.